The second-order valence-corrected chi connectivity index (χ2v) is 8.86. The molecule has 202 valence electrons. The molecule has 2 heterocycles. The Bertz CT molecular complexity index is 989. The number of aliphatic carboxylic acids is 1. The minimum atomic E-state index is -1.27. The molecule has 5 atom stereocenters. The highest BCUT2D eigenvalue weighted by molar-refractivity contribution is 5.93. The molecule has 0 aromatic carbocycles. The third-order valence-corrected chi connectivity index (χ3v) is 5.98. The molecule has 1 aliphatic rings. The zero-order chi connectivity index (χ0) is 27.5. The van der Waals surface area contributed by atoms with Crippen LogP contribution in [0.3, 0.4) is 0 Å². The lowest BCUT2D eigenvalue weighted by Gasteiger charge is -2.26. The maximum absolute atomic E-state index is 13.1. The van der Waals surface area contributed by atoms with Crippen LogP contribution in [0.25, 0.3) is 0 Å². The molecule has 4 N–H and O–H groups in total. The van der Waals surface area contributed by atoms with Crippen LogP contribution in [0, 0.1) is 5.92 Å². The molecule has 1 aliphatic heterocycles. The molecule has 0 unspecified atom stereocenters. The molecular weight excluding hydrogens is 486 g/mol. The number of carboxylic acids is 1. The maximum Gasteiger partial charge on any atom is 0.305 e. The Balaban J connectivity index is 2.14. The summed E-state index contributed by atoms with van der Waals surface area (Å²) in [5, 5.41) is 16.4. The SMILES string of the molecule is CC[C@H](C)[C@H](NC(C)=O)C(=O)NCC(=O)N1C[C@@H](Oc2cccnc2)C[C@H]1C(=O)N[C@H](C=O)CC(=O)O. The highest BCUT2D eigenvalue weighted by Gasteiger charge is 2.41. The maximum atomic E-state index is 13.1. The van der Waals surface area contributed by atoms with Crippen LogP contribution in [0.4, 0.5) is 0 Å². The number of pyridine rings is 1. The number of hydrogen-bond donors (Lipinski definition) is 4. The normalized spacial score (nSPS) is 19.2. The predicted molar refractivity (Wildman–Crippen MR) is 129 cm³/mol. The lowest BCUT2D eigenvalue weighted by molar-refractivity contribution is -0.141. The molecule has 1 saturated heterocycles. The predicted octanol–water partition coefficient (Wildman–Crippen LogP) is -0.745. The van der Waals surface area contributed by atoms with Crippen LogP contribution in [-0.2, 0) is 28.8 Å². The van der Waals surface area contributed by atoms with Crippen molar-refractivity contribution in [1.29, 1.82) is 0 Å². The van der Waals surface area contributed by atoms with Crippen molar-refractivity contribution >= 4 is 35.9 Å². The Morgan fingerprint density at radius 3 is 2.57 bits per heavy atom. The third kappa shape index (κ3) is 8.85. The molecule has 1 aromatic heterocycles. The second-order valence-electron chi connectivity index (χ2n) is 8.86. The molecule has 1 aromatic rings. The van der Waals surface area contributed by atoms with Gasteiger partial charge in [0.1, 0.15) is 30.2 Å². The summed E-state index contributed by atoms with van der Waals surface area (Å²) in [5.74, 6) is -3.25. The summed E-state index contributed by atoms with van der Waals surface area (Å²) in [4.78, 5) is 77.7. The molecule has 37 heavy (non-hydrogen) atoms. The molecule has 0 radical (unpaired) electrons. The molecule has 0 saturated carbocycles. The Hall–Kier alpha value is -4.03. The van der Waals surface area contributed by atoms with Crippen LogP contribution < -0.4 is 20.7 Å². The van der Waals surface area contributed by atoms with Crippen molar-refractivity contribution in [3.05, 3.63) is 24.5 Å². The van der Waals surface area contributed by atoms with E-state index in [2.05, 4.69) is 20.9 Å². The van der Waals surface area contributed by atoms with E-state index in [9.17, 15) is 28.8 Å². The minimum Gasteiger partial charge on any atom is -0.487 e. The van der Waals surface area contributed by atoms with Crippen molar-refractivity contribution in [3.63, 3.8) is 0 Å². The number of nitrogens with one attached hydrogen (secondary N) is 3. The number of carbonyl (C=O) groups excluding carboxylic acids is 5. The van der Waals surface area contributed by atoms with E-state index in [0.29, 0.717) is 18.5 Å². The van der Waals surface area contributed by atoms with Crippen LogP contribution in [0.2, 0.25) is 0 Å². The van der Waals surface area contributed by atoms with E-state index in [4.69, 9.17) is 9.84 Å². The van der Waals surface area contributed by atoms with Crippen LogP contribution in [0.5, 0.6) is 5.75 Å². The van der Waals surface area contributed by atoms with Gasteiger partial charge in [0.2, 0.25) is 23.6 Å². The molecule has 1 fully saturated rings. The van der Waals surface area contributed by atoms with E-state index in [0.717, 1.165) is 0 Å². The summed E-state index contributed by atoms with van der Waals surface area (Å²) >= 11 is 0. The van der Waals surface area contributed by atoms with Gasteiger partial charge in [0.05, 0.1) is 31.7 Å². The fourth-order valence-electron chi connectivity index (χ4n) is 3.91. The number of carboxylic acid groups (broad SMARTS) is 1. The van der Waals surface area contributed by atoms with Crippen molar-refractivity contribution in [2.24, 2.45) is 5.92 Å². The number of ether oxygens (including phenoxy) is 1. The lowest BCUT2D eigenvalue weighted by atomic mass is 9.98. The fourth-order valence-corrected chi connectivity index (χ4v) is 3.91. The van der Waals surface area contributed by atoms with Gasteiger partial charge in [-0.15, -0.1) is 0 Å². The largest absolute Gasteiger partial charge is 0.487 e. The van der Waals surface area contributed by atoms with Crippen LogP contribution in [0.15, 0.2) is 24.5 Å². The first-order chi connectivity index (χ1) is 17.5. The number of aromatic nitrogens is 1. The van der Waals surface area contributed by atoms with Gasteiger partial charge in [0.15, 0.2) is 0 Å². The third-order valence-electron chi connectivity index (χ3n) is 5.98. The van der Waals surface area contributed by atoms with E-state index in [1.807, 2.05) is 6.92 Å². The molecular formula is C24H33N5O8. The van der Waals surface area contributed by atoms with Crippen LogP contribution in [0.1, 0.15) is 40.0 Å². The van der Waals surface area contributed by atoms with Crippen molar-refractivity contribution in [2.45, 2.75) is 64.3 Å². The van der Waals surface area contributed by atoms with E-state index >= 15 is 0 Å². The first kappa shape index (κ1) is 29.2. The molecule has 13 nitrogen and oxygen atoms in total. The van der Waals surface area contributed by atoms with Crippen molar-refractivity contribution in [2.75, 3.05) is 13.1 Å². The molecule has 0 aliphatic carbocycles. The number of amides is 4. The van der Waals surface area contributed by atoms with Crippen molar-refractivity contribution < 1.29 is 38.6 Å². The lowest BCUT2D eigenvalue weighted by Crippen LogP contribution is -2.54. The van der Waals surface area contributed by atoms with Gasteiger partial charge in [-0.3, -0.25) is 29.0 Å². The van der Waals surface area contributed by atoms with Crippen molar-refractivity contribution in [3.8, 4) is 5.75 Å². The van der Waals surface area contributed by atoms with Gasteiger partial charge in [-0.05, 0) is 18.1 Å². The highest BCUT2D eigenvalue weighted by Crippen LogP contribution is 2.23. The zero-order valence-electron chi connectivity index (χ0n) is 21.0. The molecule has 0 spiro atoms. The summed E-state index contributed by atoms with van der Waals surface area (Å²) in [6.07, 6.45) is 2.83. The highest BCUT2D eigenvalue weighted by atomic mass is 16.5. The average molecular weight is 520 g/mol. The van der Waals surface area contributed by atoms with Crippen LogP contribution >= 0.6 is 0 Å². The van der Waals surface area contributed by atoms with Gasteiger partial charge in [-0.25, -0.2) is 0 Å². The Labute approximate surface area is 214 Å². The first-order valence-corrected chi connectivity index (χ1v) is 11.9. The number of rotatable bonds is 13. The van der Waals surface area contributed by atoms with Crippen LogP contribution in [-0.4, -0.2) is 88.2 Å². The summed E-state index contributed by atoms with van der Waals surface area (Å²) < 4.78 is 5.85. The Morgan fingerprint density at radius 2 is 2.00 bits per heavy atom. The minimum absolute atomic E-state index is 0.00680. The summed E-state index contributed by atoms with van der Waals surface area (Å²) in [6.45, 7) is 4.52. The molecule has 13 heteroatoms. The van der Waals surface area contributed by atoms with Gasteiger partial charge >= 0.3 is 5.97 Å². The molecule has 4 amide bonds. The topological polar surface area (TPSA) is 184 Å². The quantitative estimate of drug-likeness (QED) is 0.244. The Morgan fingerprint density at radius 1 is 1.27 bits per heavy atom. The van der Waals surface area contributed by atoms with Gasteiger partial charge in [0, 0.05) is 19.5 Å². The smallest absolute Gasteiger partial charge is 0.305 e. The zero-order valence-corrected chi connectivity index (χ0v) is 21.0. The second kappa shape index (κ2) is 13.9. The monoisotopic (exact) mass is 519 g/mol. The van der Waals surface area contributed by atoms with E-state index < -0.39 is 60.9 Å². The molecule has 0 bridgehead atoms. The van der Waals surface area contributed by atoms with E-state index in [1.54, 1.807) is 25.3 Å². The van der Waals surface area contributed by atoms with Gasteiger partial charge in [0.25, 0.3) is 0 Å². The standard InChI is InChI=1S/C24H33N5O8/c1-4-14(2)22(27-15(3)31)24(36)26-11-20(32)29-12-18(37-17-6-5-7-25-10-17)9-19(29)23(35)28-16(13-30)8-21(33)34/h5-7,10,13-14,16,18-19,22H,4,8-9,11-12H2,1-3H3,(H,26,36)(H,27,31)(H,28,35)(H,33,34)/t14-,16-,18-,19-,22-/m0/s1. The summed E-state index contributed by atoms with van der Waals surface area (Å²) in [5.41, 5.74) is 0. The number of nitrogens with zero attached hydrogens (tertiary/aromatic N) is 2. The number of hydrogen-bond acceptors (Lipinski definition) is 8. The van der Waals surface area contributed by atoms with Gasteiger partial charge < -0.3 is 35.5 Å². The van der Waals surface area contributed by atoms with Crippen molar-refractivity contribution in [1.82, 2.24) is 25.8 Å². The summed E-state index contributed by atoms with van der Waals surface area (Å²) in [7, 11) is 0. The summed E-state index contributed by atoms with van der Waals surface area (Å²) in [6, 6.07) is 0.158. The van der Waals surface area contributed by atoms with Gasteiger partial charge in [-0.1, -0.05) is 20.3 Å². The molecule has 2 rings (SSSR count). The number of aldehydes is 1. The average Bonchev–Trinajstić information content (AvgIpc) is 3.28. The number of carbonyl (C=O) groups is 6. The first-order valence-electron chi connectivity index (χ1n) is 11.9. The number of likely N-dealkylation sites (tertiary alicyclic amines) is 1. The van der Waals surface area contributed by atoms with E-state index in [-0.39, 0.29) is 24.8 Å². The fraction of sp³-hybridized carbons (Fsp3) is 0.542. The Kier molecular flexibility index (Phi) is 11.0. The van der Waals surface area contributed by atoms with Gasteiger partial charge in [-0.2, -0.15) is 0 Å². The van der Waals surface area contributed by atoms with E-state index in [1.165, 1.54) is 18.0 Å².